The molecule has 0 radical (unpaired) electrons. The summed E-state index contributed by atoms with van der Waals surface area (Å²) < 4.78 is 19.3. The Morgan fingerprint density at radius 1 is 1.14 bits per heavy atom. The van der Waals surface area contributed by atoms with Crippen molar-refractivity contribution < 1.29 is 9.13 Å². The van der Waals surface area contributed by atoms with E-state index in [1.807, 2.05) is 12.1 Å². The van der Waals surface area contributed by atoms with Crippen molar-refractivity contribution in [2.24, 2.45) is 10.7 Å². The number of anilines is 2. The molecule has 1 fully saturated rings. The summed E-state index contributed by atoms with van der Waals surface area (Å²) in [5.74, 6) is 0.0991. The van der Waals surface area contributed by atoms with Gasteiger partial charge in [0.05, 0.1) is 19.8 Å². The molecule has 0 atom stereocenters. The smallest absolute Gasteiger partial charge is 0.193 e. The minimum Gasteiger partial charge on any atom is -0.378 e. The molecular weight excluding hydrogens is 355 g/mol. The van der Waals surface area contributed by atoms with E-state index in [-0.39, 0.29) is 5.82 Å². The molecule has 1 saturated heterocycles. The maximum Gasteiger partial charge on any atom is 0.193 e. The molecule has 0 spiro atoms. The molecule has 1 aliphatic heterocycles. The van der Waals surface area contributed by atoms with Gasteiger partial charge < -0.3 is 20.7 Å². The van der Waals surface area contributed by atoms with Crippen LogP contribution in [-0.4, -0.2) is 32.3 Å². The first-order valence-corrected chi connectivity index (χ1v) is 9.99. The first kappa shape index (κ1) is 18.7. The van der Waals surface area contributed by atoms with Gasteiger partial charge in [-0.05, 0) is 66.6 Å². The Kier molecular flexibility index (Phi) is 5.76. The number of rotatable bonds is 4. The van der Waals surface area contributed by atoms with Gasteiger partial charge in [0.15, 0.2) is 5.96 Å². The lowest BCUT2D eigenvalue weighted by molar-refractivity contribution is 0.122. The molecule has 3 N–H and O–H groups in total. The van der Waals surface area contributed by atoms with E-state index in [1.54, 1.807) is 6.07 Å². The minimum atomic E-state index is -0.258. The summed E-state index contributed by atoms with van der Waals surface area (Å²) in [5, 5.41) is 3.25. The number of halogens is 1. The van der Waals surface area contributed by atoms with Gasteiger partial charge in [-0.2, -0.15) is 0 Å². The van der Waals surface area contributed by atoms with E-state index in [1.165, 1.54) is 30.0 Å². The van der Waals surface area contributed by atoms with E-state index >= 15 is 0 Å². The molecule has 2 aromatic carbocycles. The van der Waals surface area contributed by atoms with Crippen LogP contribution in [0.15, 0.2) is 41.4 Å². The number of nitrogens with two attached hydrogens (primary N) is 1. The topological polar surface area (TPSA) is 62.9 Å². The second kappa shape index (κ2) is 8.61. The first-order chi connectivity index (χ1) is 13.7. The van der Waals surface area contributed by atoms with Crippen molar-refractivity contribution >= 4 is 17.3 Å². The van der Waals surface area contributed by atoms with Gasteiger partial charge in [0.25, 0.3) is 0 Å². The van der Waals surface area contributed by atoms with Crippen LogP contribution in [0.2, 0.25) is 0 Å². The standard InChI is InChI=1S/C22H27FN4O/c23-18-8-9-21(27-10-12-28-13-11-27)17(14-18)15-25-22(24)26-20-7-3-5-16-4-1-2-6-19(16)20/h3,5,7-9,14H,1-2,4,6,10-13,15H2,(H3,24,25,26). The number of nitrogens with one attached hydrogen (secondary N) is 1. The number of ether oxygens (including phenoxy) is 1. The maximum absolute atomic E-state index is 13.8. The number of guanidine groups is 1. The van der Waals surface area contributed by atoms with Crippen molar-refractivity contribution in [1.82, 2.24) is 0 Å². The number of benzene rings is 2. The van der Waals surface area contributed by atoms with Gasteiger partial charge in [0.2, 0.25) is 0 Å². The second-order valence-electron chi connectivity index (χ2n) is 7.35. The van der Waals surface area contributed by atoms with E-state index in [0.29, 0.717) is 25.7 Å². The zero-order chi connectivity index (χ0) is 19.3. The number of morpholine rings is 1. The van der Waals surface area contributed by atoms with Crippen LogP contribution in [0, 0.1) is 5.82 Å². The molecule has 0 bridgehead atoms. The molecule has 4 rings (SSSR count). The lowest BCUT2D eigenvalue weighted by Crippen LogP contribution is -2.36. The van der Waals surface area contributed by atoms with Crippen LogP contribution in [0.25, 0.3) is 0 Å². The fourth-order valence-corrected chi connectivity index (χ4v) is 4.04. The van der Waals surface area contributed by atoms with Crippen molar-refractivity contribution in [3.63, 3.8) is 0 Å². The van der Waals surface area contributed by atoms with Crippen LogP contribution in [-0.2, 0) is 24.1 Å². The summed E-state index contributed by atoms with van der Waals surface area (Å²) in [4.78, 5) is 6.71. The number of aliphatic imine (C=N–C) groups is 1. The van der Waals surface area contributed by atoms with Crippen LogP contribution in [0.1, 0.15) is 29.5 Å². The Bertz CT molecular complexity index is 862. The van der Waals surface area contributed by atoms with Crippen LogP contribution in [0.4, 0.5) is 15.8 Å². The van der Waals surface area contributed by atoms with Crippen molar-refractivity contribution in [3.8, 4) is 0 Å². The molecule has 0 saturated carbocycles. The molecule has 5 nitrogen and oxygen atoms in total. The van der Waals surface area contributed by atoms with Gasteiger partial charge in [-0.25, -0.2) is 9.38 Å². The number of fused-ring (bicyclic) bond motifs is 1. The van der Waals surface area contributed by atoms with Gasteiger partial charge in [-0.15, -0.1) is 0 Å². The van der Waals surface area contributed by atoms with Crippen molar-refractivity contribution in [2.75, 3.05) is 36.5 Å². The molecule has 0 amide bonds. The Labute approximate surface area is 165 Å². The van der Waals surface area contributed by atoms with E-state index in [4.69, 9.17) is 10.5 Å². The number of hydrogen-bond acceptors (Lipinski definition) is 3. The van der Waals surface area contributed by atoms with Crippen molar-refractivity contribution in [2.45, 2.75) is 32.2 Å². The van der Waals surface area contributed by atoms with Gasteiger partial charge in [-0.3, -0.25) is 0 Å². The highest BCUT2D eigenvalue weighted by Gasteiger charge is 2.16. The summed E-state index contributed by atoms with van der Waals surface area (Å²) in [7, 11) is 0. The Morgan fingerprint density at radius 2 is 1.96 bits per heavy atom. The number of hydrogen-bond donors (Lipinski definition) is 2. The van der Waals surface area contributed by atoms with Crippen LogP contribution >= 0.6 is 0 Å². The largest absolute Gasteiger partial charge is 0.378 e. The third-order valence-corrected chi connectivity index (χ3v) is 5.47. The molecule has 1 heterocycles. The van der Waals surface area contributed by atoms with Crippen LogP contribution < -0.4 is 16.0 Å². The summed E-state index contributed by atoms with van der Waals surface area (Å²) in [6.07, 6.45) is 4.63. The third kappa shape index (κ3) is 4.28. The third-order valence-electron chi connectivity index (χ3n) is 5.47. The molecule has 6 heteroatoms. The fraction of sp³-hybridized carbons (Fsp3) is 0.409. The Hall–Kier alpha value is -2.60. The van der Waals surface area contributed by atoms with E-state index in [2.05, 4.69) is 27.3 Å². The van der Waals surface area contributed by atoms with Crippen LogP contribution in [0.5, 0.6) is 0 Å². The van der Waals surface area contributed by atoms with E-state index in [0.717, 1.165) is 42.9 Å². The molecule has 2 aliphatic rings. The molecule has 1 aliphatic carbocycles. The fourth-order valence-electron chi connectivity index (χ4n) is 4.04. The number of aryl methyl sites for hydroxylation is 1. The summed E-state index contributed by atoms with van der Waals surface area (Å²) in [6, 6.07) is 11.2. The molecular formula is C22H27FN4O. The SMILES string of the molecule is NC(=NCc1cc(F)ccc1N1CCOCC1)Nc1cccc2c1CCCC2. The number of nitrogens with zero attached hydrogens (tertiary/aromatic N) is 2. The first-order valence-electron chi connectivity index (χ1n) is 9.99. The lowest BCUT2D eigenvalue weighted by atomic mass is 9.90. The quantitative estimate of drug-likeness (QED) is 0.628. The average Bonchev–Trinajstić information content (AvgIpc) is 2.73. The van der Waals surface area contributed by atoms with E-state index < -0.39 is 0 Å². The molecule has 148 valence electrons. The van der Waals surface area contributed by atoms with E-state index in [9.17, 15) is 4.39 Å². The van der Waals surface area contributed by atoms with Gasteiger partial charge >= 0.3 is 0 Å². The molecule has 28 heavy (non-hydrogen) atoms. The predicted molar refractivity (Wildman–Crippen MR) is 111 cm³/mol. The van der Waals surface area contributed by atoms with Crippen molar-refractivity contribution in [1.29, 1.82) is 0 Å². The molecule has 2 aromatic rings. The molecule has 0 aromatic heterocycles. The Morgan fingerprint density at radius 3 is 2.82 bits per heavy atom. The monoisotopic (exact) mass is 382 g/mol. The average molecular weight is 382 g/mol. The van der Waals surface area contributed by atoms with Gasteiger partial charge in [0, 0.05) is 24.5 Å². The lowest BCUT2D eigenvalue weighted by Gasteiger charge is -2.30. The molecule has 0 unspecified atom stereocenters. The predicted octanol–water partition coefficient (Wildman–Crippen LogP) is 3.47. The summed E-state index contributed by atoms with van der Waals surface area (Å²) in [5.41, 5.74) is 11.8. The van der Waals surface area contributed by atoms with Crippen LogP contribution in [0.3, 0.4) is 0 Å². The van der Waals surface area contributed by atoms with Gasteiger partial charge in [-0.1, -0.05) is 12.1 Å². The second-order valence-corrected chi connectivity index (χ2v) is 7.35. The maximum atomic E-state index is 13.8. The summed E-state index contributed by atoms with van der Waals surface area (Å²) >= 11 is 0. The normalized spacial score (nSPS) is 17.3. The Balaban J connectivity index is 1.50. The van der Waals surface area contributed by atoms with Crippen molar-refractivity contribution in [3.05, 3.63) is 58.9 Å². The highest BCUT2D eigenvalue weighted by Crippen LogP contribution is 2.28. The van der Waals surface area contributed by atoms with Gasteiger partial charge in [0.1, 0.15) is 5.82 Å². The zero-order valence-corrected chi connectivity index (χ0v) is 16.1. The zero-order valence-electron chi connectivity index (χ0n) is 16.1. The minimum absolute atomic E-state index is 0.258. The highest BCUT2D eigenvalue weighted by atomic mass is 19.1. The summed E-state index contributed by atoms with van der Waals surface area (Å²) in [6.45, 7) is 3.29. The highest BCUT2D eigenvalue weighted by molar-refractivity contribution is 5.93.